The monoisotopic (exact) mass is 542 g/mol. The van der Waals surface area contributed by atoms with Gasteiger partial charge in [-0.3, -0.25) is 14.4 Å². The molecule has 3 aliphatic rings. The molecule has 2 heterocycles. The van der Waals surface area contributed by atoms with Crippen molar-refractivity contribution in [3.8, 4) is 0 Å². The molecule has 2 N–H and O–H groups in total. The van der Waals surface area contributed by atoms with Crippen LogP contribution < -0.4 is 10.6 Å². The van der Waals surface area contributed by atoms with Gasteiger partial charge in [0.15, 0.2) is 0 Å². The van der Waals surface area contributed by atoms with E-state index in [1.807, 2.05) is 25.1 Å². The number of ether oxygens (including phenoxy) is 1. The summed E-state index contributed by atoms with van der Waals surface area (Å²) in [4.78, 5) is 57.8. The maximum atomic E-state index is 13.7. The Bertz CT molecular complexity index is 1120. The Morgan fingerprint density at radius 3 is 2.55 bits per heavy atom. The molecule has 2 saturated heterocycles. The van der Waals surface area contributed by atoms with Gasteiger partial charge in [0.25, 0.3) is 11.8 Å². The van der Waals surface area contributed by atoms with Gasteiger partial charge in [0, 0.05) is 23.3 Å². The van der Waals surface area contributed by atoms with E-state index >= 15 is 0 Å². The molecule has 4 rings (SSSR count). The molecule has 0 radical (unpaired) electrons. The Morgan fingerprint density at radius 2 is 1.87 bits per heavy atom. The van der Waals surface area contributed by atoms with Crippen molar-refractivity contribution in [3.63, 3.8) is 0 Å². The SMILES string of the molecule is C[C@H](NC(=O)OC(C)(C)C)C(=O)N=C1CSCC[C@H]2CC[C@@H](C(=O)N[C@]3(C)C[C@@H]3c3ccccc3)N2C1=O. The molecule has 2 aliphatic heterocycles. The van der Waals surface area contributed by atoms with Crippen molar-refractivity contribution in [1.29, 1.82) is 0 Å². The summed E-state index contributed by atoms with van der Waals surface area (Å²) in [5, 5.41) is 5.70. The van der Waals surface area contributed by atoms with Gasteiger partial charge in [0.1, 0.15) is 23.4 Å². The summed E-state index contributed by atoms with van der Waals surface area (Å²) in [7, 11) is 0. The van der Waals surface area contributed by atoms with Crippen molar-refractivity contribution in [3.05, 3.63) is 35.9 Å². The van der Waals surface area contributed by atoms with Gasteiger partial charge in [-0.1, -0.05) is 30.3 Å². The minimum absolute atomic E-state index is 0.0689. The maximum Gasteiger partial charge on any atom is 0.408 e. The van der Waals surface area contributed by atoms with E-state index in [-0.39, 0.29) is 40.8 Å². The lowest BCUT2D eigenvalue weighted by Gasteiger charge is -2.32. The van der Waals surface area contributed by atoms with E-state index in [0.29, 0.717) is 6.42 Å². The number of nitrogens with one attached hydrogen (secondary N) is 2. The summed E-state index contributed by atoms with van der Waals surface area (Å²) < 4.78 is 5.21. The number of thioether (sulfide) groups is 1. The molecule has 0 bridgehead atoms. The number of aliphatic imine (C=N–C) groups is 1. The van der Waals surface area contributed by atoms with Crippen LogP contribution in [0.5, 0.6) is 0 Å². The third-order valence-electron chi connectivity index (χ3n) is 7.32. The van der Waals surface area contributed by atoms with E-state index in [9.17, 15) is 19.2 Å². The Kier molecular flexibility index (Phi) is 8.20. The molecule has 5 atom stereocenters. The number of benzene rings is 1. The fraction of sp³-hybridized carbons (Fsp3) is 0.607. The number of nitrogens with zero attached hydrogens (tertiary/aromatic N) is 2. The van der Waals surface area contributed by atoms with E-state index in [2.05, 4.69) is 27.8 Å². The molecule has 4 amide bonds. The first-order valence-corrected chi connectivity index (χ1v) is 14.4. The molecule has 1 aromatic rings. The number of fused-ring (bicyclic) bond motifs is 1. The van der Waals surface area contributed by atoms with E-state index in [1.54, 1.807) is 37.4 Å². The van der Waals surface area contributed by atoms with Crippen LogP contribution >= 0.6 is 11.8 Å². The van der Waals surface area contributed by atoms with E-state index in [0.717, 1.165) is 25.0 Å². The number of carbonyl (C=O) groups excluding carboxylic acids is 4. The maximum absolute atomic E-state index is 13.7. The van der Waals surface area contributed by atoms with Crippen LogP contribution in [0, 0.1) is 0 Å². The Morgan fingerprint density at radius 1 is 1.16 bits per heavy atom. The molecular weight excluding hydrogens is 504 g/mol. The van der Waals surface area contributed by atoms with E-state index in [1.165, 1.54) is 12.5 Å². The van der Waals surface area contributed by atoms with Crippen LogP contribution in [0.25, 0.3) is 0 Å². The summed E-state index contributed by atoms with van der Waals surface area (Å²) >= 11 is 1.55. The zero-order valence-corrected chi connectivity index (χ0v) is 23.6. The highest BCUT2D eigenvalue weighted by atomic mass is 32.2. The highest BCUT2D eigenvalue weighted by Gasteiger charge is 2.53. The lowest BCUT2D eigenvalue weighted by molar-refractivity contribution is -0.136. The first-order valence-electron chi connectivity index (χ1n) is 13.3. The van der Waals surface area contributed by atoms with Crippen LogP contribution in [0.2, 0.25) is 0 Å². The van der Waals surface area contributed by atoms with Crippen LogP contribution in [0.4, 0.5) is 4.79 Å². The van der Waals surface area contributed by atoms with Crippen LogP contribution in [-0.2, 0) is 19.1 Å². The third-order valence-corrected chi connectivity index (χ3v) is 8.32. The largest absolute Gasteiger partial charge is 0.444 e. The van der Waals surface area contributed by atoms with Crippen LogP contribution in [0.1, 0.15) is 71.8 Å². The number of hydrogen-bond donors (Lipinski definition) is 2. The molecule has 1 aromatic carbocycles. The quantitative estimate of drug-likeness (QED) is 0.589. The Hall–Kier alpha value is -2.88. The molecular formula is C28H38N4O5S. The molecule has 0 spiro atoms. The van der Waals surface area contributed by atoms with Crippen molar-refractivity contribution in [1.82, 2.24) is 15.5 Å². The lowest BCUT2D eigenvalue weighted by Crippen LogP contribution is -2.54. The summed E-state index contributed by atoms with van der Waals surface area (Å²) in [6.07, 6.45) is 2.24. The predicted octanol–water partition coefficient (Wildman–Crippen LogP) is 3.43. The van der Waals surface area contributed by atoms with Crippen LogP contribution in [-0.4, -0.2) is 75.2 Å². The number of hydrogen-bond acceptors (Lipinski definition) is 6. The van der Waals surface area contributed by atoms with Gasteiger partial charge in [-0.2, -0.15) is 11.8 Å². The van der Waals surface area contributed by atoms with Gasteiger partial charge >= 0.3 is 6.09 Å². The summed E-state index contributed by atoms with van der Waals surface area (Å²) in [6.45, 7) is 8.74. The molecule has 10 heteroatoms. The Labute approximate surface area is 228 Å². The molecule has 1 aliphatic carbocycles. The second-order valence-electron chi connectivity index (χ2n) is 11.6. The number of rotatable bonds is 5. The highest BCUT2D eigenvalue weighted by Crippen LogP contribution is 2.51. The minimum atomic E-state index is -0.959. The first kappa shape index (κ1) is 28.1. The predicted molar refractivity (Wildman–Crippen MR) is 147 cm³/mol. The van der Waals surface area contributed by atoms with E-state index in [4.69, 9.17) is 4.74 Å². The summed E-state index contributed by atoms with van der Waals surface area (Å²) in [5.74, 6) is 0.162. The zero-order valence-electron chi connectivity index (χ0n) is 22.8. The molecule has 3 fully saturated rings. The van der Waals surface area contributed by atoms with Gasteiger partial charge < -0.3 is 20.3 Å². The van der Waals surface area contributed by atoms with E-state index < -0.39 is 29.7 Å². The Balaban J connectivity index is 1.45. The van der Waals surface area contributed by atoms with Gasteiger partial charge in [0.2, 0.25) is 5.91 Å². The molecule has 0 unspecified atom stereocenters. The second kappa shape index (κ2) is 11.1. The highest BCUT2D eigenvalue weighted by molar-refractivity contribution is 8.00. The average molecular weight is 543 g/mol. The molecule has 1 saturated carbocycles. The third kappa shape index (κ3) is 6.57. The van der Waals surface area contributed by atoms with Gasteiger partial charge in [0.05, 0.1) is 0 Å². The fourth-order valence-corrected chi connectivity index (χ4v) is 6.19. The normalized spacial score (nSPS) is 29.1. The summed E-state index contributed by atoms with van der Waals surface area (Å²) in [6, 6.07) is 8.50. The van der Waals surface area contributed by atoms with Gasteiger partial charge in [-0.15, -0.1) is 0 Å². The molecule has 9 nitrogen and oxygen atoms in total. The first-order chi connectivity index (χ1) is 17.9. The lowest BCUT2D eigenvalue weighted by atomic mass is 10.1. The van der Waals surface area contributed by atoms with Crippen molar-refractivity contribution >= 4 is 41.3 Å². The number of alkyl carbamates (subject to hydrolysis) is 1. The van der Waals surface area contributed by atoms with Gasteiger partial charge in [-0.05, 0) is 71.6 Å². The summed E-state index contributed by atoms with van der Waals surface area (Å²) in [5.41, 5.74) is 0.264. The minimum Gasteiger partial charge on any atom is -0.444 e. The second-order valence-corrected chi connectivity index (χ2v) is 12.7. The fourth-order valence-electron chi connectivity index (χ4n) is 5.23. The van der Waals surface area contributed by atoms with Crippen molar-refractivity contribution in [2.45, 2.75) is 95.5 Å². The standard InChI is InChI=1S/C28H38N4O5S/c1-17(29-26(36)37-27(2,3)4)23(33)30-21-16-38-14-13-19-11-12-22(32(19)25(21)35)24(34)31-28(5)15-20(28)18-9-7-6-8-10-18/h6-10,17,19-20,22H,11-16H2,1-5H3,(H,29,36)(H,31,34)/t17-,19+,20+,22-,28+/m0/s1. The van der Waals surface area contributed by atoms with Crippen molar-refractivity contribution in [2.24, 2.45) is 4.99 Å². The van der Waals surface area contributed by atoms with Gasteiger partial charge in [-0.25, -0.2) is 9.79 Å². The number of carbonyl (C=O) groups is 4. The topological polar surface area (TPSA) is 117 Å². The zero-order chi connectivity index (χ0) is 27.7. The van der Waals surface area contributed by atoms with Crippen LogP contribution in [0.3, 0.4) is 0 Å². The average Bonchev–Trinajstić information content (AvgIpc) is 3.31. The van der Waals surface area contributed by atoms with Crippen LogP contribution in [0.15, 0.2) is 35.3 Å². The molecule has 0 aromatic heterocycles. The smallest absolute Gasteiger partial charge is 0.408 e. The number of amides is 4. The van der Waals surface area contributed by atoms with Crippen molar-refractivity contribution < 1.29 is 23.9 Å². The molecule has 206 valence electrons. The molecule has 38 heavy (non-hydrogen) atoms. The van der Waals surface area contributed by atoms with Crippen molar-refractivity contribution in [2.75, 3.05) is 11.5 Å².